The van der Waals surface area contributed by atoms with Crippen molar-refractivity contribution < 1.29 is 4.39 Å². The minimum Gasteiger partial charge on any atom is -0.323 e. The number of fused-ring (bicyclic) bond motifs is 1. The molecule has 0 spiro atoms. The molecule has 0 aliphatic heterocycles. The average molecular weight is 296 g/mol. The molecule has 1 aromatic heterocycles. The van der Waals surface area contributed by atoms with Crippen molar-refractivity contribution in [3.63, 3.8) is 0 Å². The molecule has 0 bridgehead atoms. The third-order valence-electron chi connectivity index (χ3n) is 3.60. The average Bonchev–Trinajstić information content (AvgIpc) is 2.95. The van der Waals surface area contributed by atoms with Gasteiger partial charge in [-0.2, -0.15) is 0 Å². The predicted molar refractivity (Wildman–Crippen MR) is 78.4 cm³/mol. The Morgan fingerprint density at radius 2 is 2.21 bits per heavy atom. The topological polar surface area (TPSA) is 26.0 Å². The number of aryl methyl sites for hydroxylation is 2. The Morgan fingerprint density at radius 3 is 3.00 bits per heavy atom. The normalized spacial score (nSPS) is 15.5. The van der Waals surface area contributed by atoms with E-state index in [9.17, 15) is 4.39 Å². The summed E-state index contributed by atoms with van der Waals surface area (Å²) in [6, 6.07) is 7.12. The van der Waals surface area contributed by atoms with Crippen molar-refractivity contribution in [3.8, 4) is 0 Å². The largest absolute Gasteiger partial charge is 0.323 e. The van der Waals surface area contributed by atoms with E-state index in [1.807, 2.05) is 0 Å². The van der Waals surface area contributed by atoms with Crippen LogP contribution >= 0.6 is 22.9 Å². The van der Waals surface area contributed by atoms with Crippen LogP contribution in [0, 0.1) is 5.82 Å². The summed E-state index contributed by atoms with van der Waals surface area (Å²) in [6.07, 6.45) is 4.06. The molecule has 0 fully saturated rings. The Morgan fingerprint density at radius 1 is 1.37 bits per heavy atom. The van der Waals surface area contributed by atoms with Crippen LogP contribution in [0.15, 0.2) is 24.3 Å². The van der Waals surface area contributed by atoms with Gasteiger partial charge in [0.25, 0.3) is 0 Å². The van der Waals surface area contributed by atoms with Crippen molar-refractivity contribution >= 4 is 22.9 Å². The summed E-state index contributed by atoms with van der Waals surface area (Å²) < 4.78 is 13.9. The number of benzene rings is 1. The Kier molecular flexibility index (Phi) is 3.61. The number of hydrogen-bond acceptors (Lipinski definition) is 2. The zero-order valence-corrected chi connectivity index (χ0v) is 12.0. The molecule has 1 aliphatic carbocycles. The highest BCUT2D eigenvalue weighted by atomic mass is 35.5. The van der Waals surface area contributed by atoms with Gasteiger partial charge in [0, 0.05) is 15.8 Å². The minimum atomic E-state index is -0.344. The molecule has 0 saturated heterocycles. The Hall–Kier alpha value is -0.900. The van der Waals surface area contributed by atoms with Gasteiger partial charge in [-0.25, -0.2) is 4.39 Å². The van der Waals surface area contributed by atoms with Crippen molar-refractivity contribution in [1.82, 2.24) is 0 Å². The van der Waals surface area contributed by atoms with Crippen molar-refractivity contribution in [2.45, 2.75) is 31.7 Å². The second kappa shape index (κ2) is 5.23. The standard InChI is InChI=1S/C15H15ClFNS/c16-11-5-1-4-10(15(11)17)7-12(18)14-8-9-3-2-6-13(9)19-14/h1,4-5,8,12H,2-3,6-7,18H2. The van der Waals surface area contributed by atoms with E-state index in [-0.39, 0.29) is 16.9 Å². The summed E-state index contributed by atoms with van der Waals surface area (Å²) in [5, 5.41) is 0.165. The number of thiophene rings is 1. The van der Waals surface area contributed by atoms with E-state index in [0.29, 0.717) is 12.0 Å². The molecule has 19 heavy (non-hydrogen) atoms. The van der Waals surface area contributed by atoms with Crippen molar-refractivity contribution in [1.29, 1.82) is 0 Å². The SMILES string of the molecule is NC(Cc1cccc(Cl)c1F)c1cc2c(s1)CCC2. The molecular formula is C15H15ClFNS. The van der Waals surface area contributed by atoms with Gasteiger partial charge in [0.2, 0.25) is 0 Å². The summed E-state index contributed by atoms with van der Waals surface area (Å²) >= 11 is 7.57. The quantitative estimate of drug-likeness (QED) is 0.899. The van der Waals surface area contributed by atoms with Gasteiger partial charge in [0.15, 0.2) is 0 Å². The molecule has 2 N–H and O–H groups in total. The van der Waals surface area contributed by atoms with E-state index in [1.165, 1.54) is 16.9 Å². The van der Waals surface area contributed by atoms with Crippen LogP contribution in [-0.4, -0.2) is 0 Å². The molecule has 0 amide bonds. The smallest absolute Gasteiger partial charge is 0.145 e. The second-order valence-corrected chi connectivity index (χ2v) is 6.55. The second-order valence-electron chi connectivity index (χ2n) is 4.97. The van der Waals surface area contributed by atoms with Gasteiger partial charge in [-0.3, -0.25) is 0 Å². The molecule has 1 nitrogen and oxygen atoms in total. The molecule has 3 rings (SSSR count). The fourth-order valence-corrected chi connectivity index (χ4v) is 4.03. The third-order valence-corrected chi connectivity index (χ3v) is 5.26. The Bertz CT molecular complexity index is 587. The van der Waals surface area contributed by atoms with Crippen molar-refractivity contribution in [2.75, 3.05) is 0 Å². The van der Waals surface area contributed by atoms with Gasteiger partial charge in [-0.1, -0.05) is 23.7 Å². The van der Waals surface area contributed by atoms with Crippen LogP contribution in [0.5, 0.6) is 0 Å². The minimum absolute atomic E-state index is 0.149. The highest BCUT2D eigenvalue weighted by Crippen LogP contribution is 2.34. The lowest BCUT2D eigenvalue weighted by Crippen LogP contribution is -2.13. The predicted octanol–water partition coefficient (Wildman–Crippen LogP) is 4.27. The molecule has 1 aliphatic rings. The first-order chi connectivity index (χ1) is 9.15. The van der Waals surface area contributed by atoms with E-state index >= 15 is 0 Å². The van der Waals surface area contributed by atoms with Crippen LogP contribution in [0.4, 0.5) is 4.39 Å². The lowest BCUT2D eigenvalue weighted by molar-refractivity contribution is 0.595. The maximum absolute atomic E-state index is 13.9. The molecule has 0 saturated carbocycles. The summed E-state index contributed by atoms with van der Waals surface area (Å²) in [4.78, 5) is 2.61. The molecule has 1 heterocycles. The van der Waals surface area contributed by atoms with Gasteiger partial charge in [-0.15, -0.1) is 11.3 Å². The van der Waals surface area contributed by atoms with Gasteiger partial charge < -0.3 is 5.73 Å². The maximum Gasteiger partial charge on any atom is 0.145 e. The Balaban J connectivity index is 1.80. The number of hydrogen-bond donors (Lipinski definition) is 1. The summed E-state index contributed by atoms with van der Waals surface area (Å²) in [5.74, 6) is -0.344. The van der Waals surface area contributed by atoms with Crippen LogP contribution in [0.1, 0.15) is 33.3 Å². The van der Waals surface area contributed by atoms with Gasteiger partial charge >= 0.3 is 0 Å². The van der Waals surface area contributed by atoms with Crippen LogP contribution < -0.4 is 5.73 Å². The highest BCUT2D eigenvalue weighted by molar-refractivity contribution is 7.12. The van der Waals surface area contributed by atoms with Gasteiger partial charge in [0.05, 0.1) is 5.02 Å². The van der Waals surface area contributed by atoms with Gasteiger partial charge in [0.1, 0.15) is 5.82 Å². The van der Waals surface area contributed by atoms with E-state index in [4.69, 9.17) is 17.3 Å². The molecule has 2 aromatic rings. The van der Waals surface area contributed by atoms with Crippen LogP contribution in [0.3, 0.4) is 0 Å². The first kappa shape index (κ1) is 13.1. The fourth-order valence-electron chi connectivity index (χ4n) is 2.58. The maximum atomic E-state index is 13.9. The molecule has 1 aromatic carbocycles. The molecule has 100 valence electrons. The van der Waals surface area contributed by atoms with Crippen molar-refractivity contribution in [2.24, 2.45) is 5.73 Å². The monoisotopic (exact) mass is 295 g/mol. The first-order valence-electron chi connectivity index (χ1n) is 6.45. The molecule has 0 radical (unpaired) electrons. The summed E-state index contributed by atoms with van der Waals surface area (Å²) in [7, 11) is 0. The molecular weight excluding hydrogens is 281 g/mol. The molecule has 1 atom stereocenters. The summed E-state index contributed by atoms with van der Waals surface area (Å²) in [6.45, 7) is 0. The zero-order valence-electron chi connectivity index (χ0n) is 10.5. The van der Waals surface area contributed by atoms with Crippen LogP contribution in [0.25, 0.3) is 0 Å². The molecule has 4 heteroatoms. The number of nitrogens with two attached hydrogens (primary N) is 1. The zero-order chi connectivity index (χ0) is 13.4. The van der Waals surface area contributed by atoms with Gasteiger partial charge in [-0.05, 0) is 48.9 Å². The fraction of sp³-hybridized carbons (Fsp3) is 0.333. The summed E-state index contributed by atoms with van der Waals surface area (Å²) in [5.41, 5.74) is 8.23. The molecule has 1 unspecified atom stereocenters. The lowest BCUT2D eigenvalue weighted by atomic mass is 10.0. The van der Waals surface area contributed by atoms with E-state index in [1.54, 1.807) is 29.5 Å². The van der Waals surface area contributed by atoms with E-state index in [2.05, 4.69) is 6.07 Å². The lowest BCUT2D eigenvalue weighted by Gasteiger charge is -2.11. The Labute approximate surface area is 121 Å². The van der Waals surface area contributed by atoms with Crippen LogP contribution in [-0.2, 0) is 19.3 Å². The first-order valence-corrected chi connectivity index (χ1v) is 7.64. The van der Waals surface area contributed by atoms with Crippen LogP contribution in [0.2, 0.25) is 5.02 Å². The third kappa shape index (κ3) is 2.55. The van der Waals surface area contributed by atoms with E-state index in [0.717, 1.165) is 17.7 Å². The number of rotatable bonds is 3. The van der Waals surface area contributed by atoms with Crippen molar-refractivity contribution in [3.05, 3.63) is 56.0 Å². The highest BCUT2D eigenvalue weighted by Gasteiger charge is 2.19. The van der Waals surface area contributed by atoms with E-state index < -0.39 is 0 Å². The number of halogens is 2.